The van der Waals surface area contributed by atoms with Crippen LogP contribution in [0.2, 0.25) is 0 Å². The van der Waals surface area contributed by atoms with E-state index in [4.69, 9.17) is 10.00 Å². The summed E-state index contributed by atoms with van der Waals surface area (Å²) < 4.78 is 5.12. The Kier molecular flexibility index (Phi) is 4.80. The first-order valence-electron chi connectivity index (χ1n) is 5.02. The lowest BCUT2D eigenvalue weighted by atomic mass is 10.0. The Balaban J connectivity index is 3.16. The first kappa shape index (κ1) is 14.1. The number of nitro groups is 1. The monoisotopic (exact) mass is 312 g/mol. The highest BCUT2D eigenvalue weighted by atomic mass is 79.9. The Morgan fingerprint density at radius 3 is 2.78 bits per heavy atom. The van der Waals surface area contributed by atoms with Gasteiger partial charge in [0.25, 0.3) is 5.69 Å². The SMILES string of the molecule is CCOC(=O)Cc1c(Br)cc([N+](=O)[O-])cc1C#N. The minimum absolute atomic E-state index is 0.0872. The standard InChI is InChI=1S/C11H9BrN2O4/c1-2-18-11(15)5-9-7(6-13)3-8(14(16)17)4-10(9)12/h3-4H,2,5H2,1H3. The van der Waals surface area contributed by atoms with E-state index >= 15 is 0 Å². The summed E-state index contributed by atoms with van der Waals surface area (Å²) in [4.78, 5) is 21.4. The Hall–Kier alpha value is -1.94. The first-order valence-corrected chi connectivity index (χ1v) is 5.81. The number of hydrogen-bond donors (Lipinski definition) is 0. The molecule has 94 valence electrons. The molecule has 0 bridgehead atoms. The van der Waals surface area contributed by atoms with Crippen molar-refractivity contribution in [3.8, 4) is 6.07 Å². The molecule has 1 aromatic carbocycles. The molecule has 6 nitrogen and oxygen atoms in total. The zero-order valence-electron chi connectivity index (χ0n) is 9.47. The number of nitriles is 1. The average molecular weight is 313 g/mol. The number of carbonyl (C=O) groups excluding carboxylic acids is 1. The van der Waals surface area contributed by atoms with Gasteiger partial charge in [0.05, 0.1) is 29.6 Å². The van der Waals surface area contributed by atoms with E-state index in [1.165, 1.54) is 6.07 Å². The Labute approximate surface area is 111 Å². The fraction of sp³-hybridized carbons (Fsp3) is 0.273. The molecule has 1 aromatic rings. The van der Waals surface area contributed by atoms with Gasteiger partial charge in [0.1, 0.15) is 0 Å². The van der Waals surface area contributed by atoms with Crippen LogP contribution in [0, 0.1) is 21.4 Å². The number of nitrogens with zero attached hydrogens (tertiary/aromatic N) is 2. The number of rotatable bonds is 4. The second kappa shape index (κ2) is 6.12. The van der Waals surface area contributed by atoms with Crippen molar-refractivity contribution in [2.45, 2.75) is 13.3 Å². The number of carbonyl (C=O) groups is 1. The van der Waals surface area contributed by atoms with Crippen LogP contribution in [0.25, 0.3) is 0 Å². The zero-order valence-corrected chi connectivity index (χ0v) is 11.1. The molecule has 0 saturated carbocycles. The molecule has 0 unspecified atom stereocenters. The lowest BCUT2D eigenvalue weighted by Crippen LogP contribution is -2.09. The van der Waals surface area contributed by atoms with Gasteiger partial charge >= 0.3 is 5.97 Å². The molecule has 0 saturated heterocycles. The molecule has 0 aliphatic heterocycles. The topological polar surface area (TPSA) is 93.2 Å². The fourth-order valence-corrected chi connectivity index (χ4v) is 1.95. The predicted molar refractivity (Wildman–Crippen MR) is 65.8 cm³/mol. The maximum absolute atomic E-state index is 11.4. The minimum Gasteiger partial charge on any atom is -0.466 e. The van der Waals surface area contributed by atoms with Crippen molar-refractivity contribution in [1.29, 1.82) is 5.26 Å². The molecule has 0 radical (unpaired) electrons. The summed E-state index contributed by atoms with van der Waals surface area (Å²) in [6, 6.07) is 4.23. The third kappa shape index (κ3) is 3.28. The van der Waals surface area contributed by atoms with Crippen LogP contribution < -0.4 is 0 Å². The van der Waals surface area contributed by atoms with E-state index in [9.17, 15) is 14.9 Å². The van der Waals surface area contributed by atoms with Crippen LogP contribution >= 0.6 is 15.9 Å². The summed E-state index contributed by atoms with van der Waals surface area (Å²) in [5.41, 5.74) is 0.275. The van der Waals surface area contributed by atoms with Gasteiger partial charge in [-0.1, -0.05) is 15.9 Å². The predicted octanol–water partition coefficient (Wildman–Crippen LogP) is 2.33. The number of hydrogen-bond acceptors (Lipinski definition) is 5. The van der Waals surface area contributed by atoms with Crippen LogP contribution in [-0.4, -0.2) is 17.5 Å². The van der Waals surface area contributed by atoms with Crippen LogP contribution in [0.5, 0.6) is 0 Å². The summed E-state index contributed by atoms with van der Waals surface area (Å²) in [5, 5.41) is 19.6. The van der Waals surface area contributed by atoms with Gasteiger partial charge in [-0.3, -0.25) is 14.9 Å². The number of non-ortho nitro benzene ring substituents is 1. The molecule has 7 heteroatoms. The summed E-state index contributed by atoms with van der Waals surface area (Å²) in [7, 11) is 0. The molecule has 0 heterocycles. The smallest absolute Gasteiger partial charge is 0.310 e. The normalized spacial score (nSPS) is 9.61. The first-order chi connectivity index (χ1) is 8.49. The Morgan fingerprint density at radius 2 is 2.28 bits per heavy atom. The highest BCUT2D eigenvalue weighted by Crippen LogP contribution is 2.27. The van der Waals surface area contributed by atoms with Crippen molar-refractivity contribution < 1.29 is 14.5 Å². The van der Waals surface area contributed by atoms with E-state index in [0.29, 0.717) is 10.0 Å². The van der Waals surface area contributed by atoms with Crippen LogP contribution in [0.4, 0.5) is 5.69 Å². The molecule has 0 amide bonds. The van der Waals surface area contributed by atoms with Gasteiger partial charge < -0.3 is 4.74 Å². The van der Waals surface area contributed by atoms with Gasteiger partial charge in [-0.2, -0.15) is 5.26 Å². The quantitative estimate of drug-likeness (QED) is 0.483. The number of nitro benzene ring substituents is 1. The van der Waals surface area contributed by atoms with E-state index < -0.39 is 10.9 Å². The maximum atomic E-state index is 11.4. The number of halogens is 1. The second-order valence-corrected chi connectivity index (χ2v) is 4.16. The lowest BCUT2D eigenvalue weighted by molar-refractivity contribution is -0.385. The summed E-state index contributed by atoms with van der Waals surface area (Å²) in [6.45, 7) is 1.92. The molecule has 0 aromatic heterocycles. The lowest BCUT2D eigenvalue weighted by Gasteiger charge is -2.06. The summed E-state index contributed by atoms with van der Waals surface area (Å²) >= 11 is 3.12. The molecule has 0 spiro atoms. The molecule has 0 atom stereocenters. The van der Waals surface area contributed by atoms with E-state index in [2.05, 4.69) is 15.9 Å². The van der Waals surface area contributed by atoms with Gasteiger partial charge in [-0.15, -0.1) is 0 Å². The molecule has 0 N–H and O–H groups in total. The van der Waals surface area contributed by atoms with E-state index in [0.717, 1.165) is 6.07 Å². The van der Waals surface area contributed by atoms with Gasteiger partial charge in [-0.25, -0.2) is 0 Å². The number of esters is 1. The molecular weight excluding hydrogens is 304 g/mol. The van der Waals surface area contributed by atoms with Crippen LogP contribution in [-0.2, 0) is 16.0 Å². The highest BCUT2D eigenvalue weighted by Gasteiger charge is 2.17. The third-order valence-electron chi connectivity index (χ3n) is 2.14. The van der Waals surface area contributed by atoms with E-state index in [1.54, 1.807) is 6.92 Å². The second-order valence-electron chi connectivity index (χ2n) is 3.30. The van der Waals surface area contributed by atoms with Crippen molar-refractivity contribution >= 4 is 27.6 Å². The van der Waals surface area contributed by atoms with Crippen molar-refractivity contribution in [2.24, 2.45) is 0 Å². The van der Waals surface area contributed by atoms with Gasteiger partial charge in [0.15, 0.2) is 0 Å². The van der Waals surface area contributed by atoms with Crippen molar-refractivity contribution in [2.75, 3.05) is 6.61 Å². The Morgan fingerprint density at radius 1 is 1.61 bits per heavy atom. The van der Waals surface area contributed by atoms with Crippen molar-refractivity contribution in [3.63, 3.8) is 0 Å². The molecule has 0 aliphatic carbocycles. The maximum Gasteiger partial charge on any atom is 0.310 e. The van der Waals surface area contributed by atoms with Gasteiger partial charge in [-0.05, 0) is 12.5 Å². The van der Waals surface area contributed by atoms with Crippen LogP contribution in [0.3, 0.4) is 0 Å². The fourth-order valence-electron chi connectivity index (χ4n) is 1.36. The highest BCUT2D eigenvalue weighted by molar-refractivity contribution is 9.10. The van der Waals surface area contributed by atoms with Gasteiger partial charge in [0, 0.05) is 16.6 Å². The third-order valence-corrected chi connectivity index (χ3v) is 2.85. The summed E-state index contributed by atoms with van der Waals surface area (Å²) in [5.74, 6) is -0.483. The minimum atomic E-state index is -0.597. The largest absolute Gasteiger partial charge is 0.466 e. The number of ether oxygens (including phenoxy) is 1. The summed E-state index contributed by atoms with van der Waals surface area (Å²) in [6.07, 6.45) is -0.102. The van der Waals surface area contributed by atoms with E-state index in [-0.39, 0.29) is 24.3 Å². The van der Waals surface area contributed by atoms with Gasteiger partial charge in [0.2, 0.25) is 0 Å². The number of benzene rings is 1. The van der Waals surface area contributed by atoms with Crippen molar-refractivity contribution in [1.82, 2.24) is 0 Å². The average Bonchev–Trinajstić information content (AvgIpc) is 2.31. The molecule has 18 heavy (non-hydrogen) atoms. The molecular formula is C11H9BrN2O4. The van der Waals surface area contributed by atoms with Crippen LogP contribution in [0.15, 0.2) is 16.6 Å². The zero-order chi connectivity index (χ0) is 13.7. The molecule has 1 rings (SSSR count). The van der Waals surface area contributed by atoms with Crippen LogP contribution in [0.1, 0.15) is 18.1 Å². The molecule has 0 fully saturated rings. The van der Waals surface area contributed by atoms with E-state index in [1.807, 2.05) is 6.07 Å². The molecule has 0 aliphatic rings. The van der Waals surface area contributed by atoms with Crippen molar-refractivity contribution in [3.05, 3.63) is 37.8 Å². The Bertz CT molecular complexity index is 537.